The van der Waals surface area contributed by atoms with Crippen LogP contribution in [0.5, 0.6) is 0 Å². The molecule has 2 fully saturated rings. The molecule has 1 heterocycles. The number of carbonyl (C=O) groups excluding carboxylic acids is 3. The molecule has 2 aliphatic rings. The zero-order valence-electron chi connectivity index (χ0n) is 15.2. The average molecular weight is 398 g/mol. The molecule has 1 saturated carbocycles. The molecule has 1 aliphatic heterocycles. The number of anilines is 2. The molecule has 144 valence electrons. The molecular formula is C21H20ClN3O3. The van der Waals surface area contributed by atoms with Crippen molar-refractivity contribution in [1.82, 2.24) is 5.32 Å². The second kappa shape index (κ2) is 7.64. The van der Waals surface area contributed by atoms with Crippen molar-refractivity contribution in [2.75, 3.05) is 16.8 Å². The minimum absolute atomic E-state index is 0.120. The van der Waals surface area contributed by atoms with E-state index < -0.39 is 5.92 Å². The molecule has 0 bridgehead atoms. The van der Waals surface area contributed by atoms with Gasteiger partial charge in [-0.05, 0) is 43.2 Å². The van der Waals surface area contributed by atoms with E-state index in [4.69, 9.17) is 11.6 Å². The standard InChI is InChI=1S/C21H20ClN3O3/c22-14-4-3-5-16(11-14)25-12-13(10-19(25)26)20(27)24-18-7-2-1-6-17(18)21(28)23-15-8-9-15/h1-7,11,13,15H,8-10,12H2,(H,23,28)(H,24,27)/t13-/m1/s1. The fourth-order valence-corrected chi connectivity index (χ4v) is 3.48. The van der Waals surface area contributed by atoms with E-state index in [0.29, 0.717) is 22.0 Å². The summed E-state index contributed by atoms with van der Waals surface area (Å²) >= 11 is 6.01. The van der Waals surface area contributed by atoms with Crippen molar-refractivity contribution < 1.29 is 14.4 Å². The highest BCUT2D eigenvalue weighted by molar-refractivity contribution is 6.31. The van der Waals surface area contributed by atoms with Crippen LogP contribution in [0.4, 0.5) is 11.4 Å². The first-order chi connectivity index (χ1) is 13.5. The predicted molar refractivity (Wildman–Crippen MR) is 107 cm³/mol. The van der Waals surface area contributed by atoms with Gasteiger partial charge >= 0.3 is 0 Å². The van der Waals surface area contributed by atoms with Gasteiger partial charge in [-0.1, -0.05) is 29.8 Å². The van der Waals surface area contributed by atoms with Crippen LogP contribution in [-0.2, 0) is 9.59 Å². The predicted octanol–water partition coefficient (Wildman–Crippen LogP) is 3.22. The van der Waals surface area contributed by atoms with E-state index in [9.17, 15) is 14.4 Å². The molecule has 7 heteroatoms. The summed E-state index contributed by atoms with van der Waals surface area (Å²) in [6.07, 6.45) is 2.10. The molecule has 1 aliphatic carbocycles. The summed E-state index contributed by atoms with van der Waals surface area (Å²) in [5.74, 6) is -1.08. The fraction of sp³-hybridized carbons (Fsp3) is 0.286. The highest BCUT2D eigenvalue weighted by Crippen LogP contribution is 2.28. The van der Waals surface area contributed by atoms with Gasteiger partial charge in [0.25, 0.3) is 5.91 Å². The Labute approximate surface area is 167 Å². The number of hydrogen-bond acceptors (Lipinski definition) is 3. The van der Waals surface area contributed by atoms with Gasteiger partial charge in [-0.15, -0.1) is 0 Å². The summed E-state index contributed by atoms with van der Waals surface area (Å²) in [6.45, 7) is 0.279. The van der Waals surface area contributed by atoms with Crippen molar-refractivity contribution in [3.05, 3.63) is 59.1 Å². The Morgan fingerprint density at radius 1 is 1.07 bits per heavy atom. The van der Waals surface area contributed by atoms with Crippen molar-refractivity contribution in [2.24, 2.45) is 5.92 Å². The van der Waals surface area contributed by atoms with E-state index >= 15 is 0 Å². The van der Waals surface area contributed by atoms with E-state index in [0.717, 1.165) is 12.8 Å². The number of nitrogens with one attached hydrogen (secondary N) is 2. The van der Waals surface area contributed by atoms with Gasteiger partial charge in [0.15, 0.2) is 0 Å². The molecule has 3 amide bonds. The average Bonchev–Trinajstić information content (AvgIpc) is 3.40. The van der Waals surface area contributed by atoms with Gasteiger partial charge in [0.2, 0.25) is 11.8 Å². The number of nitrogens with zero attached hydrogens (tertiary/aromatic N) is 1. The number of halogens is 1. The number of carbonyl (C=O) groups is 3. The fourth-order valence-electron chi connectivity index (χ4n) is 3.29. The summed E-state index contributed by atoms with van der Waals surface area (Å²) in [5.41, 5.74) is 1.56. The molecule has 0 aromatic heterocycles. The van der Waals surface area contributed by atoms with Crippen LogP contribution in [0.15, 0.2) is 48.5 Å². The summed E-state index contributed by atoms with van der Waals surface area (Å²) in [6, 6.07) is 14.1. The first kappa shape index (κ1) is 18.5. The highest BCUT2D eigenvalue weighted by Gasteiger charge is 2.35. The second-order valence-electron chi connectivity index (χ2n) is 7.17. The normalized spacial score (nSPS) is 18.8. The highest BCUT2D eigenvalue weighted by atomic mass is 35.5. The Kier molecular flexibility index (Phi) is 5.05. The molecule has 28 heavy (non-hydrogen) atoms. The molecule has 0 spiro atoms. The Bertz CT molecular complexity index is 942. The number of benzene rings is 2. The topological polar surface area (TPSA) is 78.5 Å². The number of para-hydroxylation sites is 1. The lowest BCUT2D eigenvalue weighted by molar-refractivity contribution is -0.122. The Hall–Kier alpha value is -2.86. The molecule has 4 rings (SSSR count). The molecule has 1 saturated heterocycles. The Balaban J connectivity index is 1.46. The summed E-state index contributed by atoms with van der Waals surface area (Å²) in [4.78, 5) is 39.1. The smallest absolute Gasteiger partial charge is 0.253 e. The SMILES string of the molecule is O=C(NC1CC1)c1ccccc1NC(=O)[C@@H]1CC(=O)N(c2cccc(Cl)c2)C1. The second-order valence-corrected chi connectivity index (χ2v) is 7.60. The third-order valence-electron chi connectivity index (χ3n) is 4.96. The van der Waals surface area contributed by atoms with Gasteiger partial charge in [0.05, 0.1) is 17.2 Å². The van der Waals surface area contributed by atoms with Crippen molar-refractivity contribution in [3.8, 4) is 0 Å². The Morgan fingerprint density at radius 2 is 1.86 bits per heavy atom. The van der Waals surface area contributed by atoms with Gasteiger partial charge in [0.1, 0.15) is 0 Å². The first-order valence-corrected chi connectivity index (χ1v) is 9.66. The number of amides is 3. The van der Waals surface area contributed by atoms with E-state index in [-0.39, 0.29) is 36.7 Å². The maximum absolute atomic E-state index is 12.8. The monoisotopic (exact) mass is 397 g/mol. The van der Waals surface area contributed by atoms with E-state index in [1.807, 2.05) is 0 Å². The van der Waals surface area contributed by atoms with Crippen molar-refractivity contribution in [2.45, 2.75) is 25.3 Å². The van der Waals surface area contributed by atoms with E-state index in [2.05, 4.69) is 10.6 Å². The molecule has 0 radical (unpaired) electrons. The van der Waals surface area contributed by atoms with Gasteiger partial charge in [-0.2, -0.15) is 0 Å². The lowest BCUT2D eigenvalue weighted by Gasteiger charge is -2.17. The largest absolute Gasteiger partial charge is 0.349 e. The maximum atomic E-state index is 12.8. The van der Waals surface area contributed by atoms with Crippen LogP contribution in [0, 0.1) is 5.92 Å². The summed E-state index contributed by atoms with van der Waals surface area (Å²) < 4.78 is 0. The minimum atomic E-state index is -0.494. The van der Waals surface area contributed by atoms with Crippen molar-refractivity contribution in [1.29, 1.82) is 0 Å². The molecular weight excluding hydrogens is 378 g/mol. The quantitative estimate of drug-likeness (QED) is 0.813. The van der Waals surface area contributed by atoms with Crippen LogP contribution in [-0.4, -0.2) is 30.3 Å². The lowest BCUT2D eigenvalue weighted by Crippen LogP contribution is -2.30. The summed E-state index contributed by atoms with van der Waals surface area (Å²) in [5, 5.41) is 6.29. The third-order valence-corrected chi connectivity index (χ3v) is 5.19. The zero-order chi connectivity index (χ0) is 19.7. The van der Waals surface area contributed by atoms with Crippen LogP contribution in [0.3, 0.4) is 0 Å². The zero-order valence-corrected chi connectivity index (χ0v) is 15.9. The number of rotatable bonds is 5. The third kappa shape index (κ3) is 4.02. The van der Waals surface area contributed by atoms with Crippen LogP contribution in [0.2, 0.25) is 5.02 Å². The minimum Gasteiger partial charge on any atom is -0.349 e. The molecule has 0 unspecified atom stereocenters. The van der Waals surface area contributed by atoms with Crippen molar-refractivity contribution >= 4 is 40.7 Å². The molecule has 2 aromatic rings. The molecule has 1 atom stereocenters. The van der Waals surface area contributed by atoms with Crippen LogP contribution >= 0.6 is 11.6 Å². The van der Waals surface area contributed by atoms with Gasteiger partial charge < -0.3 is 15.5 Å². The van der Waals surface area contributed by atoms with Gasteiger partial charge in [-0.3, -0.25) is 14.4 Å². The molecule has 2 N–H and O–H groups in total. The van der Waals surface area contributed by atoms with Crippen LogP contribution in [0.25, 0.3) is 0 Å². The van der Waals surface area contributed by atoms with Crippen LogP contribution in [0.1, 0.15) is 29.6 Å². The molecule has 6 nitrogen and oxygen atoms in total. The molecule has 2 aromatic carbocycles. The first-order valence-electron chi connectivity index (χ1n) is 9.28. The van der Waals surface area contributed by atoms with Crippen molar-refractivity contribution in [3.63, 3.8) is 0 Å². The maximum Gasteiger partial charge on any atom is 0.253 e. The van der Waals surface area contributed by atoms with E-state index in [1.54, 1.807) is 53.4 Å². The number of hydrogen-bond donors (Lipinski definition) is 2. The van der Waals surface area contributed by atoms with Crippen LogP contribution < -0.4 is 15.5 Å². The summed E-state index contributed by atoms with van der Waals surface area (Å²) in [7, 11) is 0. The Morgan fingerprint density at radius 3 is 2.61 bits per heavy atom. The van der Waals surface area contributed by atoms with Gasteiger partial charge in [0, 0.05) is 29.7 Å². The lowest BCUT2D eigenvalue weighted by atomic mass is 10.1. The van der Waals surface area contributed by atoms with E-state index in [1.165, 1.54) is 0 Å². The van der Waals surface area contributed by atoms with Gasteiger partial charge in [-0.25, -0.2) is 0 Å².